The molecule has 4 rings (SSSR count). The lowest BCUT2D eigenvalue weighted by atomic mass is 10.0. The molecule has 1 saturated heterocycles. The second-order valence-electron chi connectivity index (χ2n) is 6.36. The molecule has 1 aromatic carbocycles. The summed E-state index contributed by atoms with van der Waals surface area (Å²) in [5.41, 5.74) is 2.64. The fourth-order valence-corrected chi connectivity index (χ4v) is 3.22. The highest BCUT2D eigenvalue weighted by atomic mass is 16.2. The maximum atomic E-state index is 12.8. The molecule has 1 aliphatic heterocycles. The van der Waals surface area contributed by atoms with E-state index in [2.05, 4.69) is 25.7 Å². The van der Waals surface area contributed by atoms with Crippen molar-refractivity contribution in [1.82, 2.24) is 35.3 Å². The van der Waals surface area contributed by atoms with Gasteiger partial charge in [-0.3, -0.25) is 9.48 Å². The molecule has 8 nitrogen and oxygen atoms in total. The largest absolute Gasteiger partial charge is 0.337 e. The number of hydrogen-bond acceptors (Lipinski definition) is 5. The number of carbonyl (C=O) groups excluding carboxylic acids is 1. The Morgan fingerprint density at radius 1 is 1.28 bits per heavy atom. The summed E-state index contributed by atoms with van der Waals surface area (Å²) in [6.45, 7) is 3.50. The molecule has 0 radical (unpaired) electrons. The third-order valence-electron chi connectivity index (χ3n) is 4.52. The molecule has 1 aliphatic rings. The van der Waals surface area contributed by atoms with E-state index in [0.717, 1.165) is 30.5 Å². The van der Waals surface area contributed by atoms with Crippen LogP contribution in [-0.4, -0.2) is 54.3 Å². The van der Waals surface area contributed by atoms with E-state index in [9.17, 15) is 4.79 Å². The number of likely N-dealkylation sites (tertiary alicyclic amines) is 1. The smallest absolute Gasteiger partial charge is 0.253 e. The maximum absolute atomic E-state index is 12.8. The molecule has 1 atom stereocenters. The van der Waals surface area contributed by atoms with Crippen LogP contribution in [0, 0.1) is 6.92 Å². The van der Waals surface area contributed by atoms with Crippen LogP contribution in [0.25, 0.3) is 11.4 Å². The van der Waals surface area contributed by atoms with Gasteiger partial charge >= 0.3 is 0 Å². The van der Waals surface area contributed by atoms with Crippen molar-refractivity contribution in [2.24, 2.45) is 0 Å². The van der Waals surface area contributed by atoms with E-state index in [1.54, 1.807) is 0 Å². The van der Waals surface area contributed by atoms with Crippen LogP contribution >= 0.6 is 0 Å². The fraction of sp³-hybridized carbons (Fsp3) is 0.353. The molecular formula is C17H19N7O. The molecule has 3 aromatic rings. The fourth-order valence-electron chi connectivity index (χ4n) is 3.22. The van der Waals surface area contributed by atoms with Crippen LogP contribution in [0.1, 0.15) is 34.8 Å². The van der Waals surface area contributed by atoms with Gasteiger partial charge in [-0.25, -0.2) is 0 Å². The molecule has 1 fully saturated rings. The molecule has 0 bridgehead atoms. The second-order valence-corrected chi connectivity index (χ2v) is 6.36. The first-order valence-corrected chi connectivity index (χ1v) is 8.34. The van der Waals surface area contributed by atoms with Crippen molar-refractivity contribution >= 4 is 5.91 Å². The predicted molar refractivity (Wildman–Crippen MR) is 90.8 cm³/mol. The van der Waals surface area contributed by atoms with Crippen molar-refractivity contribution in [3.63, 3.8) is 0 Å². The number of nitrogens with zero attached hydrogens (tertiary/aromatic N) is 6. The monoisotopic (exact) mass is 337 g/mol. The zero-order valence-corrected chi connectivity index (χ0v) is 14.0. The van der Waals surface area contributed by atoms with Gasteiger partial charge in [-0.2, -0.15) is 10.3 Å². The number of rotatable bonds is 3. The molecule has 1 unspecified atom stereocenters. The lowest BCUT2D eigenvalue weighted by molar-refractivity contribution is 0.0673. The van der Waals surface area contributed by atoms with Crippen molar-refractivity contribution in [3.05, 3.63) is 47.8 Å². The highest BCUT2D eigenvalue weighted by molar-refractivity contribution is 5.94. The Bertz CT molecular complexity index is 854. The van der Waals surface area contributed by atoms with Crippen molar-refractivity contribution in [3.8, 4) is 11.4 Å². The van der Waals surface area contributed by atoms with Gasteiger partial charge < -0.3 is 4.90 Å². The number of nitrogens with one attached hydrogen (secondary N) is 1. The van der Waals surface area contributed by atoms with Crippen LogP contribution in [0.2, 0.25) is 0 Å². The molecule has 1 N–H and O–H groups in total. The van der Waals surface area contributed by atoms with Crippen LogP contribution in [0.4, 0.5) is 0 Å². The van der Waals surface area contributed by atoms with E-state index < -0.39 is 0 Å². The minimum atomic E-state index is 0.0493. The Kier molecular flexibility index (Phi) is 4.01. The van der Waals surface area contributed by atoms with E-state index in [1.807, 2.05) is 53.2 Å². The quantitative estimate of drug-likeness (QED) is 0.787. The summed E-state index contributed by atoms with van der Waals surface area (Å²) in [5, 5.41) is 18.3. The lowest BCUT2D eigenvalue weighted by Crippen LogP contribution is -2.40. The molecule has 1 amide bonds. The molecule has 0 saturated carbocycles. The van der Waals surface area contributed by atoms with Gasteiger partial charge in [0.2, 0.25) is 5.82 Å². The van der Waals surface area contributed by atoms with Crippen LogP contribution in [-0.2, 0) is 0 Å². The van der Waals surface area contributed by atoms with Crippen molar-refractivity contribution in [2.45, 2.75) is 25.8 Å². The number of hydrogen-bond donors (Lipinski definition) is 1. The van der Waals surface area contributed by atoms with E-state index in [1.165, 1.54) is 0 Å². The number of piperidine rings is 1. The summed E-state index contributed by atoms with van der Waals surface area (Å²) in [7, 11) is 0. The third kappa shape index (κ3) is 3.15. The Hall–Kier alpha value is -3.03. The van der Waals surface area contributed by atoms with Gasteiger partial charge in [0.05, 0.1) is 12.2 Å². The Morgan fingerprint density at radius 2 is 2.12 bits per heavy atom. The van der Waals surface area contributed by atoms with Gasteiger partial charge in [0.25, 0.3) is 5.91 Å². The maximum Gasteiger partial charge on any atom is 0.253 e. The summed E-state index contributed by atoms with van der Waals surface area (Å²) in [5.74, 6) is 0.569. The number of amides is 1. The van der Waals surface area contributed by atoms with Crippen molar-refractivity contribution in [1.29, 1.82) is 0 Å². The summed E-state index contributed by atoms with van der Waals surface area (Å²) in [6.07, 6.45) is 5.92. The summed E-state index contributed by atoms with van der Waals surface area (Å²) in [4.78, 5) is 14.7. The first-order chi connectivity index (χ1) is 12.2. The van der Waals surface area contributed by atoms with Crippen molar-refractivity contribution < 1.29 is 4.79 Å². The zero-order chi connectivity index (χ0) is 17.2. The summed E-state index contributed by atoms with van der Waals surface area (Å²) >= 11 is 0. The molecule has 0 aliphatic carbocycles. The molecule has 8 heteroatoms. The Morgan fingerprint density at radius 3 is 2.80 bits per heavy atom. The third-order valence-corrected chi connectivity index (χ3v) is 4.52. The van der Waals surface area contributed by atoms with Crippen molar-refractivity contribution in [2.75, 3.05) is 13.1 Å². The van der Waals surface area contributed by atoms with E-state index in [4.69, 9.17) is 0 Å². The number of aromatic amines is 1. The highest BCUT2D eigenvalue weighted by Crippen LogP contribution is 2.23. The van der Waals surface area contributed by atoms with Gasteiger partial charge in [-0.05, 0) is 42.7 Å². The molecule has 25 heavy (non-hydrogen) atoms. The summed E-state index contributed by atoms with van der Waals surface area (Å²) < 4.78 is 1.98. The van der Waals surface area contributed by atoms with Gasteiger partial charge in [0.1, 0.15) is 0 Å². The highest BCUT2D eigenvalue weighted by Gasteiger charge is 2.26. The number of aromatic nitrogens is 6. The van der Waals surface area contributed by atoms with E-state index in [-0.39, 0.29) is 11.9 Å². The van der Waals surface area contributed by atoms with Gasteiger partial charge in [0.15, 0.2) is 0 Å². The zero-order valence-electron chi connectivity index (χ0n) is 14.0. The summed E-state index contributed by atoms with van der Waals surface area (Å²) in [6, 6.07) is 7.56. The standard InChI is InChI=1S/C17H19N7O/c1-12-9-18-24(10-12)15-3-2-8-23(11-15)17(25)14-6-4-13(5-7-14)16-19-21-22-20-16/h4-7,9-10,15H,2-3,8,11H2,1H3,(H,19,20,21,22). The minimum Gasteiger partial charge on any atom is -0.337 e. The molecular weight excluding hydrogens is 318 g/mol. The minimum absolute atomic E-state index is 0.0493. The van der Waals surface area contributed by atoms with E-state index >= 15 is 0 Å². The van der Waals surface area contributed by atoms with Crippen LogP contribution < -0.4 is 0 Å². The number of benzene rings is 1. The average Bonchev–Trinajstić information content (AvgIpc) is 3.33. The number of carbonyl (C=O) groups is 1. The Balaban J connectivity index is 1.48. The topological polar surface area (TPSA) is 92.6 Å². The van der Waals surface area contributed by atoms with Gasteiger partial charge in [-0.15, -0.1) is 10.2 Å². The molecule has 3 heterocycles. The number of tetrazole rings is 1. The van der Waals surface area contributed by atoms with Crippen LogP contribution in [0.15, 0.2) is 36.7 Å². The first kappa shape index (κ1) is 15.5. The number of aryl methyl sites for hydroxylation is 1. The normalized spacial score (nSPS) is 17.6. The van der Waals surface area contributed by atoms with Crippen LogP contribution in [0.5, 0.6) is 0 Å². The number of H-pyrrole nitrogens is 1. The van der Waals surface area contributed by atoms with Gasteiger partial charge in [0, 0.05) is 30.4 Å². The Labute approximate surface area is 144 Å². The average molecular weight is 337 g/mol. The van der Waals surface area contributed by atoms with E-state index in [0.29, 0.717) is 17.9 Å². The predicted octanol–water partition coefficient (Wildman–Crippen LogP) is 1.85. The molecule has 0 spiro atoms. The van der Waals surface area contributed by atoms with Crippen LogP contribution in [0.3, 0.4) is 0 Å². The second kappa shape index (κ2) is 6.46. The SMILES string of the molecule is Cc1cnn(C2CCCN(C(=O)c3ccc(-c4nn[nH]n4)cc3)C2)c1. The molecule has 128 valence electrons. The molecule has 2 aromatic heterocycles. The lowest BCUT2D eigenvalue weighted by Gasteiger charge is -2.33. The van der Waals surface area contributed by atoms with Gasteiger partial charge in [-0.1, -0.05) is 12.1 Å². The first-order valence-electron chi connectivity index (χ1n) is 8.34.